The zero-order valence-corrected chi connectivity index (χ0v) is 8.94. The van der Waals surface area contributed by atoms with Crippen molar-refractivity contribution in [1.29, 1.82) is 0 Å². The summed E-state index contributed by atoms with van der Waals surface area (Å²) in [5.74, 6) is -0.788. The number of hydrogen-bond donors (Lipinski definition) is 1. The first-order valence-electron chi connectivity index (χ1n) is 5.43. The lowest BCUT2D eigenvalue weighted by Gasteiger charge is -2.12. The quantitative estimate of drug-likeness (QED) is 0.825. The first kappa shape index (κ1) is 10.2. The topological polar surface area (TPSA) is 55.1 Å². The van der Waals surface area contributed by atoms with Crippen LogP contribution in [0.2, 0.25) is 0 Å². The van der Waals surface area contributed by atoms with E-state index in [4.69, 9.17) is 5.11 Å². The van der Waals surface area contributed by atoms with Gasteiger partial charge < -0.3 is 5.11 Å². The maximum absolute atomic E-state index is 10.6. The van der Waals surface area contributed by atoms with Gasteiger partial charge in [-0.1, -0.05) is 12.8 Å². The highest BCUT2D eigenvalue weighted by molar-refractivity contribution is 5.70. The molecule has 1 aromatic rings. The van der Waals surface area contributed by atoms with Gasteiger partial charge in [0.1, 0.15) is 0 Å². The lowest BCUT2D eigenvalue weighted by molar-refractivity contribution is -0.136. The molecule has 0 saturated heterocycles. The number of carbonyl (C=O) groups is 1. The molecule has 0 atom stereocenters. The van der Waals surface area contributed by atoms with Gasteiger partial charge in [-0.25, -0.2) is 0 Å². The van der Waals surface area contributed by atoms with Crippen LogP contribution in [0.4, 0.5) is 0 Å². The van der Waals surface area contributed by atoms with E-state index in [1.807, 2.05) is 11.6 Å². The van der Waals surface area contributed by atoms with E-state index in [9.17, 15) is 4.79 Å². The molecule has 1 N–H and O–H groups in total. The van der Waals surface area contributed by atoms with Crippen molar-refractivity contribution < 1.29 is 9.90 Å². The zero-order chi connectivity index (χ0) is 10.8. The maximum atomic E-state index is 10.6. The van der Waals surface area contributed by atoms with Crippen LogP contribution in [0.15, 0.2) is 6.20 Å². The molecule has 82 valence electrons. The molecule has 1 aliphatic rings. The Balaban J connectivity index is 2.18. The van der Waals surface area contributed by atoms with E-state index in [-0.39, 0.29) is 6.42 Å². The SMILES string of the molecule is Cc1c(CC(=O)O)cnn1C1CCCC1. The molecule has 0 aromatic carbocycles. The molecule has 0 radical (unpaired) electrons. The number of nitrogens with zero attached hydrogens (tertiary/aromatic N) is 2. The van der Waals surface area contributed by atoms with Crippen LogP contribution < -0.4 is 0 Å². The molecule has 4 nitrogen and oxygen atoms in total. The van der Waals surface area contributed by atoms with E-state index < -0.39 is 5.97 Å². The molecule has 0 bridgehead atoms. The van der Waals surface area contributed by atoms with Crippen LogP contribution in [0.25, 0.3) is 0 Å². The van der Waals surface area contributed by atoms with Crippen LogP contribution in [0.5, 0.6) is 0 Å². The second-order valence-electron chi connectivity index (χ2n) is 4.21. The molecular formula is C11H16N2O2. The Morgan fingerprint density at radius 2 is 2.27 bits per heavy atom. The monoisotopic (exact) mass is 208 g/mol. The molecule has 4 heteroatoms. The minimum atomic E-state index is -0.788. The van der Waals surface area contributed by atoms with Gasteiger partial charge in [-0.05, 0) is 19.8 Å². The number of carboxylic acids is 1. The summed E-state index contributed by atoms with van der Waals surface area (Å²) in [6, 6.07) is 0.493. The van der Waals surface area contributed by atoms with Crippen LogP contribution in [0.1, 0.15) is 43.0 Å². The van der Waals surface area contributed by atoms with Crippen molar-refractivity contribution >= 4 is 5.97 Å². The van der Waals surface area contributed by atoms with E-state index in [0.29, 0.717) is 6.04 Å². The molecule has 0 spiro atoms. The van der Waals surface area contributed by atoms with Crippen molar-refractivity contribution in [3.63, 3.8) is 0 Å². The van der Waals surface area contributed by atoms with Gasteiger partial charge in [0.05, 0.1) is 18.7 Å². The fourth-order valence-electron chi connectivity index (χ4n) is 2.31. The molecule has 1 fully saturated rings. The Hall–Kier alpha value is -1.32. The van der Waals surface area contributed by atoms with E-state index >= 15 is 0 Å². The maximum Gasteiger partial charge on any atom is 0.307 e. The summed E-state index contributed by atoms with van der Waals surface area (Å²) in [4.78, 5) is 10.6. The Morgan fingerprint density at radius 3 is 2.87 bits per heavy atom. The number of rotatable bonds is 3. The van der Waals surface area contributed by atoms with Gasteiger partial charge in [-0.3, -0.25) is 9.48 Å². The molecule has 0 aliphatic heterocycles. The molecule has 0 unspecified atom stereocenters. The predicted molar refractivity (Wildman–Crippen MR) is 55.8 cm³/mol. The van der Waals surface area contributed by atoms with Crippen molar-refractivity contribution in [3.8, 4) is 0 Å². The first-order valence-corrected chi connectivity index (χ1v) is 5.43. The summed E-state index contributed by atoms with van der Waals surface area (Å²) in [5.41, 5.74) is 1.86. The third kappa shape index (κ3) is 2.03. The van der Waals surface area contributed by atoms with Crippen LogP contribution in [0, 0.1) is 6.92 Å². The van der Waals surface area contributed by atoms with E-state index in [1.54, 1.807) is 6.20 Å². The minimum absolute atomic E-state index is 0.0819. The Labute approximate surface area is 88.9 Å². The summed E-state index contributed by atoms with van der Waals surface area (Å²) in [6.07, 6.45) is 6.65. The van der Waals surface area contributed by atoms with Crippen molar-refractivity contribution in [2.24, 2.45) is 0 Å². The van der Waals surface area contributed by atoms with Crippen LogP contribution >= 0.6 is 0 Å². The fourth-order valence-corrected chi connectivity index (χ4v) is 2.31. The van der Waals surface area contributed by atoms with Crippen LogP contribution in [-0.4, -0.2) is 20.9 Å². The summed E-state index contributed by atoms with van der Waals surface area (Å²) >= 11 is 0. The number of aromatic nitrogens is 2. The highest BCUT2D eigenvalue weighted by atomic mass is 16.4. The van der Waals surface area contributed by atoms with Gasteiger partial charge in [0, 0.05) is 11.3 Å². The second-order valence-corrected chi connectivity index (χ2v) is 4.21. The van der Waals surface area contributed by atoms with Crippen molar-refractivity contribution in [2.75, 3.05) is 0 Å². The van der Waals surface area contributed by atoms with Crippen molar-refractivity contribution in [1.82, 2.24) is 9.78 Å². The summed E-state index contributed by atoms with van der Waals surface area (Å²) in [6.45, 7) is 1.96. The van der Waals surface area contributed by atoms with Crippen molar-refractivity contribution in [3.05, 3.63) is 17.5 Å². The third-order valence-corrected chi connectivity index (χ3v) is 3.16. The molecule has 2 rings (SSSR count). The summed E-state index contributed by atoms with van der Waals surface area (Å²) in [7, 11) is 0. The minimum Gasteiger partial charge on any atom is -0.481 e. The van der Waals surface area contributed by atoms with Crippen LogP contribution in [-0.2, 0) is 11.2 Å². The van der Waals surface area contributed by atoms with Gasteiger partial charge in [-0.15, -0.1) is 0 Å². The molecule has 1 aromatic heterocycles. The molecule has 1 saturated carbocycles. The normalized spacial score (nSPS) is 17.1. The number of carboxylic acid groups (broad SMARTS) is 1. The summed E-state index contributed by atoms with van der Waals surface area (Å²) < 4.78 is 2.01. The highest BCUT2D eigenvalue weighted by Crippen LogP contribution is 2.30. The fraction of sp³-hybridized carbons (Fsp3) is 0.636. The Bertz CT molecular complexity index is 365. The van der Waals surface area contributed by atoms with Gasteiger partial charge >= 0.3 is 5.97 Å². The van der Waals surface area contributed by atoms with E-state index in [2.05, 4.69) is 5.10 Å². The van der Waals surface area contributed by atoms with E-state index in [1.165, 1.54) is 25.7 Å². The van der Waals surface area contributed by atoms with Gasteiger partial charge in [0.2, 0.25) is 0 Å². The first-order chi connectivity index (χ1) is 7.18. The predicted octanol–water partition coefficient (Wildman–Crippen LogP) is 1.93. The standard InChI is InChI=1S/C11H16N2O2/c1-8-9(6-11(14)15)7-12-13(8)10-4-2-3-5-10/h7,10H,2-6H2,1H3,(H,14,15). The molecule has 15 heavy (non-hydrogen) atoms. The third-order valence-electron chi connectivity index (χ3n) is 3.16. The average molecular weight is 208 g/mol. The van der Waals surface area contributed by atoms with Crippen LogP contribution in [0.3, 0.4) is 0 Å². The smallest absolute Gasteiger partial charge is 0.307 e. The zero-order valence-electron chi connectivity index (χ0n) is 8.94. The van der Waals surface area contributed by atoms with Gasteiger partial charge in [0.15, 0.2) is 0 Å². The average Bonchev–Trinajstić information content (AvgIpc) is 2.76. The molecule has 1 heterocycles. The number of hydrogen-bond acceptors (Lipinski definition) is 2. The lowest BCUT2D eigenvalue weighted by Crippen LogP contribution is -2.09. The molecular weight excluding hydrogens is 192 g/mol. The largest absolute Gasteiger partial charge is 0.481 e. The second kappa shape index (κ2) is 4.04. The highest BCUT2D eigenvalue weighted by Gasteiger charge is 2.20. The molecule has 1 aliphatic carbocycles. The van der Waals surface area contributed by atoms with Gasteiger partial charge in [-0.2, -0.15) is 5.10 Å². The van der Waals surface area contributed by atoms with E-state index in [0.717, 1.165) is 11.3 Å². The number of aliphatic carboxylic acids is 1. The Morgan fingerprint density at radius 1 is 1.60 bits per heavy atom. The molecule has 0 amide bonds. The van der Waals surface area contributed by atoms with Gasteiger partial charge in [0.25, 0.3) is 0 Å². The summed E-state index contributed by atoms with van der Waals surface area (Å²) in [5, 5.41) is 13.0. The van der Waals surface area contributed by atoms with Crippen molar-refractivity contribution in [2.45, 2.75) is 45.1 Å². The lowest BCUT2D eigenvalue weighted by atomic mass is 10.2. The Kier molecular flexibility index (Phi) is 2.75.